The zero-order chi connectivity index (χ0) is 24.6. The average molecular weight is 511 g/mol. The number of hydrogen-bond donors (Lipinski definition) is 1. The molecule has 0 aromatic heterocycles. The molecule has 0 radical (unpaired) electrons. The molecule has 8 heteroatoms. The molecule has 0 bridgehead atoms. The molecule has 206 valence electrons. The van der Waals surface area contributed by atoms with Gasteiger partial charge in [0.25, 0.3) is 0 Å². The lowest BCUT2D eigenvalue weighted by Gasteiger charge is -2.08. The highest BCUT2D eigenvalue weighted by Crippen LogP contribution is 2.10. The Hall–Kier alpha value is 0.0700. The van der Waals surface area contributed by atoms with Crippen molar-refractivity contribution < 1.29 is 33.2 Å². The Balaban J connectivity index is 2.99. The average Bonchev–Trinajstić information content (AvgIpc) is 2.85. The Morgan fingerprint density at radius 1 is 0.324 bits per heavy atom. The van der Waals surface area contributed by atoms with Gasteiger partial charge < -0.3 is 33.2 Å². The van der Waals surface area contributed by atoms with E-state index in [-0.39, 0.29) is 0 Å². The molecule has 0 saturated heterocycles. The van der Waals surface area contributed by atoms with E-state index in [0.717, 1.165) is 31.8 Å². The number of ether oxygens (including phenoxy) is 7. The van der Waals surface area contributed by atoms with E-state index in [2.05, 4.69) is 19.6 Å². The van der Waals surface area contributed by atoms with Crippen LogP contribution in [0.4, 0.5) is 0 Å². The quantitative estimate of drug-likeness (QED) is 0.105. The molecule has 0 aliphatic rings. The maximum atomic E-state index is 5.62. The lowest BCUT2D eigenvalue weighted by molar-refractivity contribution is -0.0205. The molecule has 0 atom stereocenters. The van der Waals surface area contributed by atoms with Crippen LogP contribution in [-0.4, -0.2) is 98.2 Å². The summed E-state index contributed by atoms with van der Waals surface area (Å²) >= 11 is 4.25. The molecule has 0 unspecified atom stereocenters. The first-order valence-corrected chi connectivity index (χ1v) is 14.2. The third-order valence-corrected chi connectivity index (χ3v) is 5.34. The summed E-state index contributed by atoms with van der Waals surface area (Å²) in [6.45, 7) is 10.8. The zero-order valence-corrected chi connectivity index (χ0v) is 22.9. The van der Waals surface area contributed by atoms with Crippen LogP contribution in [-0.2, 0) is 33.2 Å². The van der Waals surface area contributed by atoms with Crippen LogP contribution in [0.3, 0.4) is 0 Å². The first-order chi connectivity index (χ1) is 16.9. The van der Waals surface area contributed by atoms with Crippen LogP contribution >= 0.6 is 12.6 Å². The van der Waals surface area contributed by atoms with E-state index < -0.39 is 0 Å². The molecule has 0 aromatic carbocycles. The minimum Gasteiger partial charge on any atom is -0.379 e. The molecule has 34 heavy (non-hydrogen) atoms. The molecular formula is C26H54O7S. The molecule has 0 spiro atoms. The summed E-state index contributed by atoms with van der Waals surface area (Å²) in [5, 5.41) is 0. The summed E-state index contributed by atoms with van der Waals surface area (Å²) < 4.78 is 38.3. The normalized spacial score (nSPS) is 11.5. The van der Waals surface area contributed by atoms with Crippen molar-refractivity contribution in [1.29, 1.82) is 0 Å². The monoisotopic (exact) mass is 510 g/mol. The summed E-state index contributed by atoms with van der Waals surface area (Å²) in [5.74, 6) is 1.03. The maximum Gasteiger partial charge on any atom is 0.0701 e. The van der Waals surface area contributed by atoms with Crippen LogP contribution in [0, 0.1) is 0 Å². The van der Waals surface area contributed by atoms with Crippen LogP contribution in [0.25, 0.3) is 0 Å². The van der Waals surface area contributed by atoms with E-state index >= 15 is 0 Å². The third-order valence-electron chi connectivity index (χ3n) is 5.03. The minimum atomic E-state index is 0.563. The van der Waals surface area contributed by atoms with E-state index in [4.69, 9.17) is 33.2 Å². The second-order valence-electron chi connectivity index (χ2n) is 8.19. The standard InChI is InChI=1S/C26H54O7S/c1-2-12-27-14-16-29-18-20-31-22-24-33-25-23-32-21-19-30-17-15-28-13-10-8-6-4-3-5-7-9-11-26-34/h34H,2-26H2,1H3. The summed E-state index contributed by atoms with van der Waals surface area (Å²) in [5.41, 5.74) is 0. The number of hydrogen-bond acceptors (Lipinski definition) is 8. The smallest absolute Gasteiger partial charge is 0.0701 e. The Morgan fingerprint density at radius 2 is 0.588 bits per heavy atom. The van der Waals surface area contributed by atoms with Gasteiger partial charge >= 0.3 is 0 Å². The Labute approximate surface area is 215 Å². The van der Waals surface area contributed by atoms with Crippen molar-refractivity contribution in [1.82, 2.24) is 0 Å². The summed E-state index contributed by atoms with van der Waals surface area (Å²) in [6, 6.07) is 0. The van der Waals surface area contributed by atoms with Crippen molar-refractivity contribution in [2.75, 3.05) is 98.2 Å². The third kappa shape index (κ3) is 32.1. The predicted octanol–water partition coefficient (Wildman–Crippen LogP) is 4.95. The largest absolute Gasteiger partial charge is 0.379 e. The molecule has 0 aromatic rings. The van der Waals surface area contributed by atoms with Gasteiger partial charge in [-0.05, 0) is 25.0 Å². The Kier molecular flexibility index (Phi) is 33.1. The summed E-state index contributed by atoms with van der Waals surface area (Å²) in [6.07, 6.45) is 12.8. The Morgan fingerprint density at radius 3 is 0.912 bits per heavy atom. The highest BCUT2D eigenvalue weighted by atomic mass is 32.1. The molecular weight excluding hydrogens is 456 g/mol. The fraction of sp³-hybridized carbons (Fsp3) is 1.00. The Bertz CT molecular complexity index is 319. The van der Waals surface area contributed by atoms with E-state index in [0.29, 0.717) is 79.3 Å². The van der Waals surface area contributed by atoms with Crippen molar-refractivity contribution in [3.8, 4) is 0 Å². The molecule has 0 amide bonds. The number of unbranched alkanes of at least 4 members (excludes halogenated alkanes) is 8. The van der Waals surface area contributed by atoms with Gasteiger partial charge in [-0.25, -0.2) is 0 Å². The maximum absolute atomic E-state index is 5.62. The molecule has 0 N–H and O–H groups in total. The van der Waals surface area contributed by atoms with Crippen LogP contribution < -0.4 is 0 Å². The number of rotatable bonds is 31. The van der Waals surface area contributed by atoms with Crippen LogP contribution in [0.15, 0.2) is 0 Å². The van der Waals surface area contributed by atoms with Crippen molar-refractivity contribution in [2.45, 2.75) is 71.1 Å². The van der Waals surface area contributed by atoms with Gasteiger partial charge in [-0.1, -0.05) is 51.9 Å². The molecule has 0 heterocycles. The highest BCUT2D eigenvalue weighted by molar-refractivity contribution is 7.80. The van der Waals surface area contributed by atoms with Crippen LogP contribution in [0.2, 0.25) is 0 Å². The lowest BCUT2D eigenvalue weighted by Crippen LogP contribution is -2.14. The van der Waals surface area contributed by atoms with Crippen molar-refractivity contribution in [3.05, 3.63) is 0 Å². The predicted molar refractivity (Wildman–Crippen MR) is 141 cm³/mol. The van der Waals surface area contributed by atoms with E-state index in [1.807, 2.05) is 0 Å². The minimum absolute atomic E-state index is 0.563. The van der Waals surface area contributed by atoms with Crippen LogP contribution in [0.1, 0.15) is 71.1 Å². The molecule has 0 saturated carbocycles. The summed E-state index contributed by atoms with van der Waals surface area (Å²) in [4.78, 5) is 0. The summed E-state index contributed by atoms with van der Waals surface area (Å²) in [7, 11) is 0. The van der Waals surface area contributed by atoms with Gasteiger partial charge in [-0.15, -0.1) is 0 Å². The van der Waals surface area contributed by atoms with E-state index in [1.165, 1.54) is 51.4 Å². The van der Waals surface area contributed by atoms with Crippen molar-refractivity contribution in [3.63, 3.8) is 0 Å². The van der Waals surface area contributed by atoms with Gasteiger partial charge in [-0.3, -0.25) is 0 Å². The first kappa shape index (κ1) is 34.1. The van der Waals surface area contributed by atoms with Crippen LogP contribution in [0.5, 0.6) is 0 Å². The highest BCUT2D eigenvalue weighted by Gasteiger charge is 1.96. The lowest BCUT2D eigenvalue weighted by atomic mass is 10.1. The van der Waals surface area contributed by atoms with Gasteiger partial charge in [0, 0.05) is 13.2 Å². The van der Waals surface area contributed by atoms with Gasteiger partial charge in [0.2, 0.25) is 0 Å². The fourth-order valence-corrected chi connectivity index (χ4v) is 3.34. The van der Waals surface area contributed by atoms with Crippen molar-refractivity contribution in [2.24, 2.45) is 0 Å². The molecule has 0 fully saturated rings. The van der Waals surface area contributed by atoms with Crippen molar-refractivity contribution >= 4 is 12.6 Å². The number of thiol groups is 1. The second-order valence-corrected chi connectivity index (χ2v) is 8.64. The van der Waals surface area contributed by atoms with Gasteiger partial charge in [0.15, 0.2) is 0 Å². The molecule has 0 aliphatic carbocycles. The zero-order valence-electron chi connectivity index (χ0n) is 22.0. The first-order valence-electron chi connectivity index (χ1n) is 13.6. The molecule has 0 rings (SSSR count). The van der Waals surface area contributed by atoms with Gasteiger partial charge in [0.1, 0.15) is 0 Å². The topological polar surface area (TPSA) is 64.6 Å². The fourth-order valence-electron chi connectivity index (χ4n) is 3.12. The molecule has 7 nitrogen and oxygen atoms in total. The second kappa shape index (κ2) is 33.1. The van der Waals surface area contributed by atoms with E-state index in [9.17, 15) is 0 Å². The molecule has 0 aliphatic heterocycles. The van der Waals surface area contributed by atoms with E-state index in [1.54, 1.807) is 0 Å². The van der Waals surface area contributed by atoms with Gasteiger partial charge in [-0.2, -0.15) is 12.6 Å². The van der Waals surface area contributed by atoms with Gasteiger partial charge in [0.05, 0.1) is 79.3 Å². The SMILES string of the molecule is CCCOCCOCCOCCOCCOCCOCCOCCCCCCCCCCCS.